The van der Waals surface area contributed by atoms with Crippen LogP contribution in [0.5, 0.6) is 0 Å². The molecular formula is C28H23F3N6O2. The van der Waals surface area contributed by atoms with Crippen molar-refractivity contribution in [2.75, 3.05) is 31.1 Å². The summed E-state index contributed by atoms with van der Waals surface area (Å²) in [4.78, 5) is 28.3. The number of morpholine rings is 1. The second-order valence-electron chi connectivity index (χ2n) is 9.91. The minimum Gasteiger partial charge on any atom is -0.373 e. The molecule has 0 aliphatic carbocycles. The van der Waals surface area contributed by atoms with Gasteiger partial charge in [-0.05, 0) is 48.4 Å². The van der Waals surface area contributed by atoms with Gasteiger partial charge in [-0.25, -0.2) is 22.9 Å². The number of anilines is 1. The van der Waals surface area contributed by atoms with Crippen LogP contribution in [0.3, 0.4) is 0 Å². The van der Waals surface area contributed by atoms with E-state index in [1.807, 2.05) is 0 Å². The lowest BCUT2D eigenvalue weighted by molar-refractivity contribution is -0.00897. The molecule has 5 heterocycles. The molecule has 0 amide bonds. The zero-order chi connectivity index (χ0) is 26.7. The molecule has 0 spiro atoms. The van der Waals surface area contributed by atoms with E-state index >= 15 is 0 Å². The first kappa shape index (κ1) is 23.9. The third-order valence-corrected chi connectivity index (χ3v) is 7.45. The van der Waals surface area contributed by atoms with Gasteiger partial charge in [0.05, 0.1) is 35.1 Å². The number of aromatic amines is 2. The van der Waals surface area contributed by atoms with Crippen LogP contribution in [0.1, 0.15) is 6.42 Å². The van der Waals surface area contributed by atoms with Gasteiger partial charge in [0.25, 0.3) is 0 Å². The van der Waals surface area contributed by atoms with Crippen molar-refractivity contribution >= 4 is 27.8 Å². The minimum atomic E-state index is -0.694. The molecule has 3 aromatic heterocycles. The molecule has 198 valence electrons. The number of nitrogens with zero attached hydrogens (tertiary/aromatic N) is 3. The van der Waals surface area contributed by atoms with E-state index in [9.17, 15) is 18.0 Å². The summed E-state index contributed by atoms with van der Waals surface area (Å²) < 4.78 is 49.5. The number of rotatable bonds is 3. The van der Waals surface area contributed by atoms with Crippen molar-refractivity contribution < 1.29 is 17.9 Å². The van der Waals surface area contributed by atoms with E-state index in [2.05, 4.69) is 25.2 Å². The molecule has 2 saturated heterocycles. The third kappa shape index (κ3) is 4.23. The summed E-state index contributed by atoms with van der Waals surface area (Å²) in [7, 11) is 0. The number of hydrogen-bond acceptors (Lipinski definition) is 6. The SMILES string of the molecule is O=c1[nH]c2cc(-c3ccc4ncc(-c5cc(F)cc(F)c5)c(N5CC[C@@H]6NCCO[C@H]6C5)c4n3)cc(F)c2[nH]1. The van der Waals surface area contributed by atoms with E-state index in [0.717, 1.165) is 19.0 Å². The molecule has 2 fully saturated rings. The number of nitrogens with one attached hydrogen (secondary N) is 3. The Balaban J connectivity index is 1.43. The van der Waals surface area contributed by atoms with Gasteiger partial charge in [0.15, 0.2) is 0 Å². The van der Waals surface area contributed by atoms with E-state index < -0.39 is 23.1 Å². The topological polar surface area (TPSA) is 98.9 Å². The first-order valence-electron chi connectivity index (χ1n) is 12.7. The van der Waals surface area contributed by atoms with Crippen LogP contribution in [-0.4, -0.2) is 58.3 Å². The molecule has 3 N–H and O–H groups in total. The minimum absolute atomic E-state index is 0.0575. The normalized spacial score (nSPS) is 19.5. The van der Waals surface area contributed by atoms with E-state index in [1.54, 1.807) is 24.4 Å². The largest absolute Gasteiger partial charge is 0.373 e. The molecule has 2 atom stereocenters. The van der Waals surface area contributed by atoms with Crippen molar-refractivity contribution in [2.24, 2.45) is 0 Å². The van der Waals surface area contributed by atoms with Crippen LogP contribution in [0.25, 0.3) is 44.5 Å². The van der Waals surface area contributed by atoms with E-state index in [-0.39, 0.29) is 17.7 Å². The Hall–Kier alpha value is -4.22. The summed E-state index contributed by atoms with van der Waals surface area (Å²) in [5, 5.41) is 3.50. The number of fused-ring (bicyclic) bond motifs is 3. The summed E-state index contributed by atoms with van der Waals surface area (Å²) in [6.07, 6.45) is 2.36. The molecule has 0 saturated carbocycles. The Morgan fingerprint density at radius 3 is 2.69 bits per heavy atom. The molecule has 2 aliphatic rings. The van der Waals surface area contributed by atoms with Gasteiger partial charge < -0.3 is 24.9 Å². The Morgan fingerprint density at radius 2 is 1.85 bits per heavy atom. The molecule has 0 radical (unpaired) electrons. The van der Waals surface area contributed by atoms with Gasteiger partial charge in [-0.2, -0.15) is 0 Å². The molecular weight excluding hydrogens is 509 g/mol. The van der Waals surface area contributed by atoms with Crippen LogP contribution in [-0.2, 0) is 4.74 Å². The quantitative estimate of drug-likeness (QED) is 0.324. The number of piperidine rings is 1. The predicted molar refractivity (Wildman–Crippen MR) is 141 cm³/mol. The smallest absolute Gasteiger partial charge is 0.323 e. The Labute approximate surface area is 219 Å². The fraction of sp³-hybridized carbons (Fsp3) is 0.250. The van der Waals surface area contributed by atoms with Crippen molar-refractivity contribution in [3.05, 3.63) is 76.6 Å². The second-order valence-corrected chi connectivity index (χ2v) is 9.91. The van der Waals surface area contributed by atoms with E-state index in [1.165, 1.54) is 18.2 Å². The fourth-order valence-corrected chi connectivity index (χ4v) is 5.68. The first-order chi connectivity index (χ1) is 18.9. The number of H-pyrrole nitrogens is 2. The third-order valence-electron chi connectivity index (χ3n) is 7.45. The molecule has 7 rings (SSSR count). The maximum absolute atomic E-state index is 14.8. The van der Waals surface area contributed by atoms with Crippen LogP contribution >= 0.6 is 0 Å². The maximum atomic E-state index is 14.8. The summed E-state index contributed by atoms with van der Waals surface area (Å²) in [6, 6.07) is 10.1. The van der Waals surface area contributed by atoms with Crippen molar-refractivity contribution in [3.8, 4) is 22.4 Å². The van der Waals surface area contributed by atoms with Crippen LogP contribution in [0.4, 0.5) is 18.9 Å². The Kier molecular flexibility index (Phi) is 5.64. The summed E-state index contributed by atoms with van der Waals surface area (Å²) in [5.74, 6) is -1.98. The number of aromatic nitrogens is 4. The van der Waals surface area contributed by atoms with E-state index in [4.69, 9.17) is 9.72 Å². The lowest BCUT2D eigenvalue weighted by atomic mass is 9.97. The molecule has 5 aromatic rings. The number of benzene rings is 2. The number of pyridine rings is 2. The van der Waals surface area contributed by atoms with E-state index in [0.29, 0.717) is 64.3 Å². The number of imidazole rings is 1. The average molecular weight is 533 g/mol. The average Bonchev–Trinajstić information content (AvgIpc) is 3.32. The van der Waals surface area contributed by atoms with Crippen molar-refractivity contribution in [1.82, 2.24) is 25.3 Å². The maximum Gasteiger partial charge on any atom is 0.323 e. The second kappa shape index (κ2) is 9.21. The number of hydrogen-bond donors (Lipinski definition) is 3. The van der Waals surface area contributed by atoms with Crippen LogP contribution in [0, 0.1) is 17.5 Å². The van der Waals surface area contributed by atoms with Gasteiger partial charge in [0.2, 0.25) is 0 Å². The fourth-order valence-electron chi connectivity index (χ4n) is 5.68. The highest BCUT2D eigenvalue weighted by atomic mass is 19.1. The highest BCUT2D eigenvalue weighted by Crippen LogP contribution is 2.39. The molecule has 2 aromatic carbocycles. The zero-order valence-electron chi connectivity index (χ0n) is 20.6. The predicted octanol–water partition coefficient (Wildman–Crippen LogP) is 4.12. The Morgan fingerprint density at radius 1 is 1.00 bits per heavy atom. The van der Waals surface area contributed by atoms with Crippen molar-refractivity contribution in [1.29, 1.82) is 0 Å². The standard InChI is InChI=1S/C28H23F3N6O2/c29-16-7-14(8-17(30)11-16)18-12-33-22-2-1-20(15-9-19(31)25-23(10-15)35-28(38)36-25)34-26(22)27(18)37-5-3-21-24(13-37)39-6-4-32-21/h1-2,7-12,21,24,32H,3-6,13H2,(H2,35,36,38)/t21-,24-/m0/s1. The van der Waals surface area contributed by atoms with Gasteiger partial charge >= 0.3 is 5.69 Å². The molecule has 11 heteroatoms. The molecule has 2 aliphatic heterocycles. The molecule has 0 bridgehead atoms. The summed E-state index contributed by atoms with van der Waals surface area (Å²) in [6.45, 7) is 2.62. The lowest BCUT2D eigenvalue weighted by Gasteiger charge is -2.43. The zero-order valence-corrected chi connectivity index (χ0v) is 20.6. The number of halogens is 3. The number of ether oxygens (including phenoxy) is 1. The highest BCUT2D eigenvalue weighted by Gasteiger charge is 2.34. The van der Waals surface area contributed by atoms with Gasteiger partial charge in [0.1, 0.15) is 28.5 Å². The van der Waals surface area contributed by atoms with Gasteiger partial charge in [0, 0.05) is 49.1 Å². The molecule has 0 unspecified atom stereocenters. The lowest BCUT2D eigenvalue weighted by Crippen LogP contribution is -2.57. The van der Waals surface area contributed by atoms with Gasteiger partial charge in [-0.3, -0.25) is 4.98 Å². The van der Waals surface area contributed by atoms with Crippen LogP contribution in [0.15, 0.2) is 53.5 Å². The molecule has 39 heavy (non-hydrogen) atoms. The van der Waals surface area contributed by atoms with Gasteiger partial charge in [-0.1, -0.05) is 0 Å². The first-order valence-corrected chi connectivity index (χ1v) is 12.7. The Bertz CT molecular complexity index is 1780. The van der Waals surface area contributed by atoms with Crippen molar-refractivity contribution in [3.63, 3.8) is 0 Å². The van der Waals surface area contributed by atoms with Crippen LogP contribution in [0.2, 0.25) is 0 Å². The molecule has 8 nitrogen and oxygen atoms in total. The van der Waals surface area contributed by atoms with Gasteiger partial charge in [-0.15, -0.1) is 0 Å². The highest BCUT2D eigenvalue weighted by molar-refractivity contribution is 5.98. The van der Waals surface area contributed by atoms with Crippen LogP contribution < -0.4 is 15.9 Å². The summed E-state index contributed by atoms with van der Waals surface area (Å²) >= 11 is 0. The summed E-state index contributed by atoms with van der Waals surface area (Å²) in [5.41, 5.74) is 3.47. The van der Waals surface area contributed by atoms with Crippen molar-refractivity contribution in [2.45, 2.75) is 18.6 Å². The monoisotopic (exact) mass is 532 g/mol.